The third kappa shape index (κ3) is 4.00. The monoisotopic (exact) mass is 333 g/mol. The molecule has 0 atom stereocenters. The molecule has 1 aromatic heterocycles. The molecule has 1 aromatic carbocycles. The zero-order valence-corrected chi connectivity index (χ0v) is 14.5. The number of benzene rings is 1. The van der Waals surface area contributed by atoms with Crippen LogP contribution in [0.15, 0.2) is 48.3 Å². The van der Waals surface area contributed by atoms with Crippen LogP contribution in [0.5, 0.6) is 0 Å². The van der Waals surface area contributed by atoms with Gasteiger partial charge in [0.2, 0.25) is 0 Å². The summed E-state index contributed by atoms with van der Waals surface area (Å²) in [5, 5.41) is 12.3. The molecule has 128 valence electrons. The van der Waals surface area contributed by atoms with E-state index >= 15 is 0 Å². The summed E-state index contributed by atoms with van der Waals surface area (Å²) in [4.78, 5) is 12.5. The molecule has 0 bridgehead atoms. The van der Waals surface area contributed by atoms with Crippen molar-refractivity contribution in [1.82, 2.24) is 4.57 Å². The van der Waals surface area contributed by atoms with Crippen molar-refractivity contribution in [3.05, 3.63) is 59.4 Å². The van der Waals surface area contributed by atoms with Crippen molar-refractivity contribution in [3.63, 3.8) is 0 Å². The molecule has 4 heteroatoms. The zero-order valence-electron chi connectivity index (χ0n) is 14.5. The first-order chi connectivity index (χ1) is 12.2. The van der Waals surface area contributed by atoms with Crippen LogP contribution < -0.4 is 5.32 Å². The molecule has 25 heavy (non-hydrogen) atoms. The van der Waals surface area contributed by atoms with Gasteiger partial charge in [-0.15, -0.1) is 0 Å². The van der Waals surface area contributed by atoms with Crippen LogP contribution in [0.3, 0.4) is 0 Å². The number of nitrogens with one attached hydrogen (secondary N) is 1. The van der Waals surface area contributed by atoms with Gasteiger partial charge in [-0.3, -0.25) is 4.79 Å². The smallest absolute Gasteiger partial charge is 0.266 e. The van der Waals surface area contributed by atoms with E-state index in [2.05, 4.69) is 9.88 Å². The largest absolute Gasteiger partial charge is 0.351 e. The second kappa shape index (κ2) is 7.85. The maximum absolute atomic E-state index is 12.5. The number of nitriles is 1. The van der Waals surface area contributed by atoms with Crippen LogP contribution in [-0.2, 0) is 11.2 Å². The first kappa shape index (κ1) is 17.0. The fraction of sp³-hybridized carbons (Fsp3) is 0.333. The molecular formula is C21H23N3O. The maximum atomic E-state index is 12.5. The minimum Gasteiger partial charge on any atom is -0.351 e. The number of rotatable bonds is 5. The van der Waals surface area contributed by atoms with Crippen LogP contribution in [0.1, 0.15) is 49.8 Å². The van der Waals surface area contributed by atoms with Gasteiger partial charge in [0, 0.05) is 24.1 Å². The topological polar surface area (TPSA) is 57.8 Å². The number of aromatic nitrogens is 1. The number of anilines is 1. The lowest BCUT2D eigenvalue weighted by molar-refractivity contribution is -0.112. The summed E-state index contributed by atoms with van der Waals surface area (Å²) in [7, 11) is 0. The molecule has 4 nitrogen and oxygen atoms in total. The number of aryl methyl sites for hydroxylation is 1. The molecule has 0 aliphatic heterocycles. The summed E-state index contributed by atoms with van der Waals surface area (Å²) in [6, 6.07) is 12.2. The average molecular weight is 333 g/mol. The SMILES string of the molecule is CCc1ccccc1NC(=O)/C(C#N)=C/c1ccn(C2CCCC2)c1. The van der Waals surface area contributed by atoms with Crippen molar-refractivity contribution >= 4 is 17.7 Å². The number of nitrogens with zero attached hydrogens (tertiary/aromatic N) is 2. The summed E-state index contributed by atoms with van der Waals surface area (Å²) >= 11 is 0. The Labute approximate surface area is 148 Å². The van der Waals surface area contributed by atoms with E-state index in [0.29, 0.717) is 6.04 Å². The van der Waals surface area contributed by atoms with Crippen LogP contribution in [0.25, 0.3) is 6.08 Å². The molecule has 0 spiro atoms. The van der Waals surface area contributed by atoms with E-state index in [4.69, 9.17) is 0 Å². The van der Waals surface area contributed by atoms with Crippen LogP contribution in [0.2, 0.25) is 0 Å². The van der Waals surface area contributed by atoms with Crippen LogP contribution in [0, 0.1) is 11.3 Å². The summed E-state index contributed by atoms with van der Waals surface area (Å²) in [6.07, 6.45) is 11.5. The highest BCUT2D eigenvalue weighted by Gasteiger charge is 2.17. The van der Waals surface area contributed by atoms with Crippen molar-refractivity contribution in [3.8, 4) is 6.07 Å². The Bertz CT molecular complexity index is 820. The second-order valence-electron chi connectivity index (χ2n) is 6.46. The van der Waals surface area contributed by atoms with Gasteiger partial charge in [0.25, 0.3) is 5.91 Å². The third-order valence-electron chi connectivity index (χ3n) is 4.81. The number of para-hydroxylation sites is 1. The van der Waals surface area contributed by atoms with Gasteiger partial charge in [0.1, 0.15) is 11.6 Å². The van der Waals surface area contributed by atoms with Gasteiger partial charge in [0.05, 0.1) is 0 Å². The molecule has 1 saturated carbocycles. The lowest BCUT2D eigenvalue weighted by Crippen LogP contribution is -2.14. The molecule has 1 amide bonds. The molecule has 1 fully saturated rings. The van der Waals surface area contributed by atoms with Crippen molar-refractivity contribution in [2.24, 2.45) is 0 Å². The predicted octanol–water partition coefficient (Wildman–Crippen LogP) is 4.71. The Morgan fingerprint density at radius 2 is 2.08 bits per heavy atom. The van der Waals surface area contributed by atoms with E-state index in [0.717, 1.165) is 23.2 Å². The average Bonchev–Trinajstić information content (AvgIpc) is 3.31. The number of carbonyl (C=O) groups excluding carboxylic acids is 1. The minimum atomic E-state index is -0.364. The van der Waals surface area contributed by atoms with E-state index in [1.54, 1.807) is 6.08 Å². The van der Waals surface area contributed by atoms with Crippen LogP contribution >= 0.6 is 0 Å². The second-order valence-corrected chi connectivity index (χ2v) is 6.46. The number of hydrogen-bond donors (Lipinski definition) is 1. The Kier molecular flexibility index (Phi) is 5.35. The molecule has 3 rings (SSSR count). The van der Waals surface area contributed by atoms with Crippen molar-refractivity contribution < 1.29 is 4.79 Å². The van der Waals surface area contributed by atoms with Crippen LogP contribution in [0.4, 0.5) is 5.69 Å². The Balaban J connectivity index is 1.76. The summed E-state index contributed by atoms with van der Waals surface area (Å²) < 4.78 is 2.21. The summed E-state index contributed by atoms with van der Waals surface area (Å²) in [5.41, 5.74) is 2.83. The number of hydrogen-bond acceptors (Lipinski definition) is 2. The van der Waals surface area contributed by atoms with Gasteiger partial charge in [0.15, 0.2) is 0 Å². The van der Waals surface area contributed by atoms with Crippen molar-refractivity contribution in [1.29, 1.82) is 5.26 Å². The van der Waals surface area contributed by atoms with Gasteiger partial charge in [-0.05, 0) is 48.6 Å². The van der Waals surface area contributed by atoms with Gasteiger partial charge < -0.3 is 9.88 Å². The molecule has 0 unspecified atom stereocenters. The Hall–Kier alpha value is -2.80. The maximum Gasteiger partial charge on any atom is 0.266 e. The predicted molar refractivity (Wildman–Crippen MR) is 100.0 cm³/mol. The standard InChI is InChI=1S/C21H23N3O/c1-2-17-7-3-6-10-20(17)23-21(25)18(14-22)13-16-11-12-24(15-16)19-8-4-5-9-19/h3,6-7,10-13,15,19H,2,4-5,8-9H2,1H3,(H,23,25)/b18-13+. The zero-order chi connectivity index (χ0) is 17.6. The number of amides is 1. The molecule has 1 aliphatic rings. The van der Waals surface area contributed by atoms with E-state index in [1.165, 1.54) is 25.7 Å². The van der Waals surface area contributed by atoms with Gasteiger partial charge in [-0.2, -0.15) is 5.26 Å². The number of carbonyl (C=O) groups is 1. The lowest BCUT2D eigenvalue weighted by atomic mass is 10.1. The normalized spacial score (nSPS) is 15.1. The van der Waals surface area contributed by atoms with E-state index in [-0.39, 0.29) is 11.5 Å². The van der Waals surface area contributed by atoms with Crippen molar-refractivity contribution in [2.75, 3.05) is 5.32 Å². The first-order valence-electron chi connectivity index (χ1n) is 8.89. The molecule has 1 N–H and O–H groups in total. The molecular weight excluding hydrogens is 310 g/mol. The highest BCUT2D eigenvalue weighted by Crippen LogP contribution is 2.30. The van der Waals surface area contributed by atoms with Gasteiger partial charge >= 0.3 is 0 Å². The van der Waals surface area contributed by atoms with E-state index in [1.807, 2.05) is 55.7 Å². The molecule has 2 aromatic rings. The molecule has 0 radical (unpaired) electrons. The highest BCUT2D eigenvalue weighted by molar-refractivity contribution is 6.09. The first-order valence-corrected chi connectivity index (χ1v) is 8.89. The van der Waals surface area contributed by atoms with E-state index in [9.17, 15) is 10.1 Å². The molecule has 1 aliphatic carbocycles. The minimum absolute atomic E-state index is 0.120. The highest BCUT2D eigenvalue weighted by atomic mass is 16.1. The quantitative estimate of drug-likeness (QED) is 0.636. The Morgan fingerprint density at radius 1 is 1.32 bits per heavy atom. The summed E-state index contributed by atoms with van der Waals surface area (Å²) in [6.45, 7) is 2.04. The van der Waals surface area contributed by atoms with Gasteiger partial charge in [-0.1, -0.05) is 38.0 Å². The fourth-order valence-corrected chi connectivity index (χ4v) is 3.40. The fourth-order valence-electron chi connectivity index (χ4n) is 3.40. The third-order valence-corrected chi connectivity index (χ3v) is 4.81. The lowest BCUT2D eigenvalue weighted by Gasteiger charge is -2.10. The van der Waals surface area contributed by atoms with Crippen molar-refractivity contribution in [2.45, 2.75) is 45.1 Å². The summed E-state index contributed by atoms with van der Waals surface area (Å²) in [5.74, 6) is -0.364. The van der Waals surface area contributed by atoms with E-state index < -0.39 is 0 Å². The molecule has 0 saturated heterocycles. The van der Waals surface area contributed by atoms with Crippen LogP contribution in [-0.4, -0.2) is 10.5 Å². The Morgan fingerprint density at radius 3 is 2.80 bits per heavy atom. The van der Waals surface area contributed by atoms with Gasteiger partial charge in [-0.25, -0.2) is 0 Å². The molecule has 1 heterocycles.